The number of imidazole rings is 1. The molecule has 0 radical (unpaired) electrons. The van der Waals surface area contributed by atoms with Gasteiger partial charge in [-0.1, -0.05) is 6.07 Å². The van der Waals surface area contributed by atoms with Crippen molar-refractivity contribution in [1.82, 2.24) is 14.5 Å². The maximum Gasteiger partial charge on any atom is 0.329 e. The van der Waals surface area contributed by atoms with E-state index in [1.807, 2.05) is 25.1 Å². The average molecular weight is 287 g/mol. The number of epoxide rings is 1. The minimum Gasteiger partial charge on any atom is -0.348 e. The maximum absolute atomic E-state index is 12.6. The Labute approximate surface area is 121 Å². The molecule has 1 aromatic heterocycles. The van der Waals surface area contributed by atoms with Gasteiger partial charge in [0.05, 0.1) is 11.0 Å². The van der Waals surface area contributed by atoms with Gasteiger partial charge in [0, 0.05) is 7.05 Å². The molecule has 6 nitrogen and oxygen atoms in total. The van der Waals surface area contributed by atoms with E-state index in [2.05, 4.69) is 5.32 Å². The number of ether oxygens (including phenoxy) is 1. The van der Waals surface area contributed by atoms with Crippen molar-refractivity contribution < 1.29 is 9.53 Å². The lowest BCUT2D eigenvalue weighted by Gasteiger charge is -2.15. The molecule has 0 bridgehead atoms. The Morgan fingerprint density at radius 2 is 2.05 bits per heavy atom. The van der Waals surface area contributed by atoms with Gasteiger partial charge in [-0.3, -0.25) is 13.9 Å². The number of carbonyl (C=O) groups is 1. The molecule has 6 heteroatoms. The predicted octanol–water partition coefficient (Wildman–Crippen LogP) is 0.824. The van der Waals surface area contributed by atoms with E-state index >= 15 is 0 Å². The Hall–Kier alpha value is -2.08. The zero-order chi connectivity index (χ0) is 14.7. The first kappa shape index (κ1) is 12.6. The first-order chi connectivity index (χ1) is 10.1. The van der Waals surface area contributed by atoms with Gasteiger partial charge in [-0.2, -0.15) is 0 Å². The first-order valence-corrected chi connectivity index (χ1v) is 7.19. The lowest BCUT2D eigenvalue weighted by atomic mass is 10.1. The fourth-order valence-corrected chi connectivity index (χ4v) is 3.20. The average Bonchev–Trinajstić information content (AvgIpc) is 3.16. The Kier molecular flexibility index (Phi) is 2.53. The fourth-order valence-electron chi connectivity index (χ4n) is 3.20. The van der Waals surface area contributed by atoms with Gasteiger partial charge in [0.15, 0.2) is 6.23 Å². The smallest absolute Gasteiger partial charge is 0.329 e. The lowest BCUT2D eigenvalue weighted by Crippen LogP contribution is -2.37. The number of aromatic nitrogens is 2. The second-order valence-electron chi connectivity index (χ2n) is 5.90. The summed E-state index contributed by atoms with van der Waals surface area (Å²) in [5.41, 5.74) is 2.62. The fraction of sp³-hybridized carbons (Fsp3) is 0.467. The van der Waals surface area contributed by atoms with Crippen LogP contribution >= 0.6 is 0 Å². The highest BCUT2D eigenvalue weighted by atomic mass is 16.6. The Bertz CT molecular complexity index is 804. The van der Waals surface area contributed by atoms with Gasteiger partial charge >= 0.3 is 5.69 Å². The highest BCUT2D eigenvalue weighted by Crippen LogP contribution is 2.32. The largest absolute Gasteiger partial charge is 0.348 e. The van der Waals surface area contributed by atoms with Gasteiger partial charge in [0.1, 0.15) is 12.1 Å². The lowest BCUT2D eigenvalue weighted by molar-refractivity contribution is -0.125. The molecule has 1 aromatic carbocycles. The third-order valence-corrected chi connectivity index (χ3v) is 4.45. The zero-order valence-corrected chi connectivity index (χ0v) is 12.0. The van der Waals surface area contributed by atoms with Gasteiger partial charge in [0.25, 0.3) is 0 Å². The standard InChI is InChI=1S/C15H17N3O3/c1-8-3-4-9-11(7-8)17(2)15(20)18(9)10-5-6-12-14(21-12)16-13(10)19/h3-4,7,10,12,14H,5-6H2,1-2H3,(H,16,19). The third kappa shape index (κ3) is 1.82. The Morgan fingerprint density at radius 1 is 1.24 bits per heavy atom. The van der Waals surface area contributed by atoms with E-state index in [4.69, 9.17) is 4.74 Å². The summed E-state index contributed by atoms with van der Waals surface area (Å²) in [4.78, 5) is 24.9. The monoisotopic (exact) mass is 287 g/mol. The van der Waals surface area contributed by atoms with E-state index in [1.165, 1.54) is 0 Å². The van der Waals surface area contributed by atoms with Crippen molar-refractivity contribution in [2.45, 2.75) is 38.1 Å². The number of rotatable bonds is 1. The van der Waals surface area contributed by atoms with Crippen LogP contribution < -0.4 is 11.0 Å². The zero-order valence-electron chi connectivity index (χ0n) is 12.0. The number of carbonyl (C=O) groups excluding carboxylic acids is 1. The summed E-state index contributed by atoms with van der Waals surface area (Å²) in [7, 11) is 1.75. The number of benzene rings is 1. The van der Waals surface area contributed by atoms with Gasteiger partial charge < -0.3 is 10.1 Å². The minimum atomic E-state index is -0.458. The van der Waals surface area contributed by atoms with Crippen LogP contribution in [0.3, 0.4) is 0 Å². The first-order valence-electron chi connectivity index (χ1n) is 7.19. The van der Waals surface area contributed by atoms with E-state index in [0.717, 1.165) is 23.0 Å². The Balaban J connectivity index is 1.87. The summed E-state index contributed by atoms with van der Waals surface area (Å²) in [6, 6.07) is 5.40. The van der Waals surface area contributed by atoms with Crippen molar-refractivity contribution in [1.29, 1.82) is 0 Å². The van der Waals surface area contributed by atoms with Crippen LogP contribution in [-0.4, -0.2) is 27.4 Å². The molecular weight excluding hydrogens is 270 g/mol. The van der Waals surface area contributed by atoms with E-state index in [-0.39, 0.29) is 23.9 Å². The molecule has 2 aliphatic rings. The van der Waals surface area contributed by atoms with Crippen LogP contribution in [-0.2, 0) is 16.6 Å². The normalized spacial score (nSPS) is 28.1. The number of amides is 1. The summed E-state index contributed by atoms with van der Waals surface area (Å²) in [5.74, 6) is -0.129. The highest BCUT2D eigenvalue weighted by molar-refractivity contribution is 5.85. The number of hydrogen-bond donors (Lipinski definition) is 1. The van der Waals surface area contributed by atoms with Gasteiger partial charge in [-0.25, -0.2) is 4.79 Å². The van der Waals surface area contributed by atoms with E-state index in [9.17, 15) is 9.59 Å². The highest BCUT2D eigenvalue weighted by Gasteiger charge is 2.45. The molecule has 0 aliphatic carbocycles. The summed E-state index contributed by atoms with van der Waals surface area (Å²) >= 11 is 0. The molecule has 2 aromatic rings. The summed E-state index contributed by atoms with van der Waals surface area (Å²) in [5, 5.41) is 2.85. The molecule has 1 amide bonds. The maximum atomic E-state index is 12.6. The van der Waals surface area contributed by atoms with Crippen LogP contribution in [0.2, 0.25) is 0 Å². The van der Waals surface area contributed by atoms with Crippen LogP contribution in [0.25, 0.3) is 11.0 Å². The quantitative estimate of drug-likeness (QED) is 0.790. The van der Waals surface area contributed by atoms with Crippen molar-refractivity contribution in [3.63, 3.8) is 0 Å². The molecule has 21 heavy (non-hydrogen) atoms. The Morgan fingerprint density at radius 3 is 2.86 bits per heavy atom. The topological polar surface area (TPSA) is 68.6 Å². The number of nitrogens with one attached hydrogen (secondary N) is 1. The molecule has 3 atom stereocenters. The van der Waals surface area contributed by atoms with Crippen molar-refractivity contribution in [3.05, 3.63) is 34.2 Å². The van der Waals surface area contributed by atoms with Crippen LogP contribution in [0.5, 0.6) is 0 Å². The van der Waals surface area contributed by atoms with Gasteiger partial charge in [0.2, 0.25) is 5.91 Å². The molecule has 0 saturated carbocycles. The van der Waals surface area contributed by atoms with Crippen molar-refractivity contribution in [2.24, 2.45) is 7.05 Å². The second-order valence-corrected chi connectivity index (χ2v) is 5.90. The van der Waals surface area contributed by atoms with Crippen molar-refractivity contribution in [3.8, 4) is 0 Å². The predicted molar refractivity (Wildman–Crippen MR) is 77.0 cm³/mol. The van der Waals surface area contributed by atoms with Crippen LogP contribution in [0.15, 0.2) is 23.0 Å². The third-order valence-electron chi connectivity index (χ3n) is 4.45. The van der Waals surface area contributed by atoms with Crippen LogP contribution in [0.1, 0.15) is 24.4 Å². The molecule has 3 heterocycles. The van der Waals surface area contributed by atoms with E-state index in [1.54, 1.807) is 16.2 Å². The summed E-state index contributed by atoms with van der Waals surface area (Å²) in [6.07, 6.45) is 1.38. The second kappa shape index (κ2) is 4.21. The van der Waals surface area contributed by atoms with Crippen LogP contribution in [0.4, 0.5) is 0 Å². The van der Waals surface area contributed by atoms with E-state index in [0.29, 0.717) is 6.42 Å². The molecular formula is C15H17N3O3. The van der Waals surface area contributed by atoms with E-state index < -0.39 is 6.04 Å². The van der Waals surface area contributed by atoms with Crippen LogP contribution in [0, 0.1) is 6.92 Å². The molecule has 4 rings (SSSR count). The molecule has 0 spiro atoms. The summed E-state index contributed by atoms with van der Waals surface area (Å²) < 4.78 is 8.56. The summed E-state index contributed by atoms with van der Waals surface area (Å²) in [6.45, 7) is 1.99. The molecule has 2 aliphatic heterocycles. The molecule has 2 saturated heterocycles. The van der Waals surface area contributed by atoms with Gasteiger partial charge in [-0.05, 0) is 37.5 Å². The molecule has 3 unspecified atom stereocenters. The SMILES string of the molecule is Cc1ccc2c(c1)n(C)c(=O)n2C1CCC2OC2NC1=O. The molecule has 1 N–H and O–H groups in total. The van der Waals surface area contributed by atoms with Gasteiger partial charge in [-0.15, -0.1) is 0 Å². The number of fused-ring (bicyclic) bond motifs is 2. The van der Waals surface area contributed by atoms with Crippen molar-refractivity contribution >= 4 is 16.9 Å². The number of nitrogens with zero attached hydrogens (tertiary/aromatic N) is 2. The molecule has 110 valence electrons. The number of hydrogen-bond acceptors (Lipinski definition) is 3. The van der Waals surface area contributed by atoms with Crippen molar-refractivity contribution in [2.75, 3.05) is 0 Å². The minimum absolute atomic E-state index is 0.117. The number of aryl methyl sites for hydroxylation is 2. The molecule has 2 fully saturated rings.